The van der Waals surface area contributed by atoms with Gasteiger partial charge in [-0.3, -0.25) is 0 Å². The van der Waals surface area contributed by atoms with E-state index in [1.165, 1.54) is 19.3 Å². The van der Waals surface area contributed by atoms with E-state index in [0.29, 0.717) is 0 Å². The zero-order valence-electron chi connectivity index (χ0n) is 9.59. The molecule has 0 saturated heterocycles. The Morgan fingerprint density at radius 2 is 1.69 bits per heavy atom. The lowest BCUT2D eigenvalue weighted by atomic mass is 9.94. The number of hydrogen-bond acceptors (Lipinski definition) is 0. The molecule has 0 aromatic heterocycles. The fourth-order valence-corrected chi connectivity index (χ4v) is 3.04. The Morgan fingerprint density at radius 3 is 2.08 bits per heavy atom. The van der Waals surface area contributed by atoms with Crippen molar-refractivity contribution in [1.82, 2.24) is 0 Å². The summed E-state index contributed by atoms with van der Waals surface area (Å²) < 4.78 is 0. The fourth-order valence-electron chi connectivity index (χ4n) is 3.04. The van der Waals surface area contributed by atoms with Crippen LogP contribution in [0, 0.1) is 35.5 Å². The number of rotatable bonds is 4. The van der Waals surface area contributed by atoms with Crippen molar-refractivity contribution >= 4 is 0 Å². The molecule has 2 aliphatic rings. The second-order valence-electron chi connectivity index (χ2n) is 5.99. The summed E-state index contributed by atoms with van der Waals surface area (Å²) in [7, 11) is 0. The first-order valence-corrected chi connectivity index (χ1v) is 6.09. The molecule has 0 bridgehead atoms. The van der Waals surface area contributed by atoms with Crippen molar-refractivity contribution in [3.8, 4) is 0 Å². The van der Waals surface area contributed by atoms with Crippen LogP contribution in [-0.2, 0) is 0 Å². The monoisotopic (exact) mass is 180 g/mol. The molecule has 2 fully saturated rings. The molecule has 0 heteroatoms. The molecule has 0 aromatic rings. The quantitative estimate of drug-likeness (QED) is 0.614. The van der Waals surface area contributed by atoms with Crippen LogP contribution in [0.3, 0.4) is 0 Å². The molecule has 5 atom stereocenters. The summed E-state index contributed by atoms with van der Waals surface area (Å²) in [5.74, 6) is 6.27. The van der Waals surface area contributed by atoms with Crippen LogP contribution in [0.4, 0.5) is 0 Å². The molecule has 2 aliphatic carbocycles. The van der Waals surface area contributed by atoms with Crippen LogP contribution < -0.4 is 0 Å². The fraction of sp³-hybridized carbons (Fsp3) is 1.00. The highest BCUT2D eigenvalue weighted by Gasteiger charge is 2.45. The second-order valence-corrected chi connectivity index (χ2v) is 5.99. The summed E-state index contributed by atoms with van der Waals surface area (Å²) in [5, 5.41) is 0. The molecule has 0 aromatic carbocycles. The van der Waals surface area contributed by atoms with Crippen molar-refractivity contribution in [3.05, 3.63) is 0 Å². The van der Waals surface area contributed by atoms with E-state index < -0.39 is 0 Å². The van der Waals surface area contributed by atoms with Crippen molar-refractivity contribution in [2.24, 2.45) is 35.5 Å². The highest BCUT2D eigenvalue weighted by Crippen LogP contribution is 2.53. The van der Waals surface area contributed by atoms with E-state index in [2.05, 4.69) is 27.7 Å². The minimum atomic E-state index is 0.934. The van der Waals surface area contributed by atoms with Crippen LogP contribution in [0.5, 0.6) is 0 Å². The molecule has 0 aliphatic heterocycles. The maximum Gasteiger partial charge on any atom is -0.0355 e. The van der Waals surface area contributed by atoms with Crippen LogP contribution >= 0.6 is 0 Å². The van der Waals surface area contributed by atoms with E-state index in [-0.39, 0.29) is 0 Å². The van der Waals surface area contributed by atoms with Gasteiger partial charge in [0.2, 0.25) is 0 Å². The lowest BCUT2D eigenvalue weighted by Crippen LogP contribution is -2.03. The third-order valence-corrected chi connectivity index (χ3v) is 4.43. The van der Waals surface area contributed by atoms with Gasteiger partial charge in [0.25, 0.3) is 0 Å². The summed E-state index contributed by atoms with van der Waals surface area (Å²) >= 11 is 0. The summed E-state index contributed by atoms with van der Waals surface area (Å²) in [6, 6.07) is 0. The van der Waals surface area contributed by atoms with Gasteiger partial charge in [0.05, 0.1) is 0 Å². The normalized spacial score (nSPS) is 45.0. The Hall–Kier alpha value is 0. The van der Waals surface area contributed by atoms with Gasteiger partial charge in [-0.25, -0.2) is 0 Å². The van der Waals surface area contributed by atoms with E-state index >= 15 is 0 Å². The van der Waals surface area contributed by atoms with Gasteiger partial charge in [0, 0.05) is 0 Å². The third kappa shape index (κ3) is 2.08. The van der Waals surface area contributed by atoms with Crippen LogP contribution in [0.1, 0.15) is 47.0 Å². The van der Waals surface area contributed by atoms with Crippen LogP contribution in [0.2, 0.25) is 0 Å². The first kappa shape index (κ1) is 9.55. The average molecular weight is 180 g/mol. The Kier molecular flexibility index (Phi) is 2.42. The topological polar surface area (TPSA) is 0 Å². The maximum atomic E-state index is 2.48. The van der Waals surface area contributed by atoms with E-state index in [1.54, 1.807) is 0 Å². The standard InChI is InChI=1S/C13H24/c1-8(2)12-7-13(12)10(4)6-11-5-9(11)3/h8-13H,5-7H2,1-4H3. The zero-order chi connectivity index (χ0) is 9.59. The van der Waals surface area contributed by atoms with Gasteiger partial charge >= 0.3 is 0 Å². The minimum Gasteiger partial charge on any atom is -0.0625 e. The molecule has 76 valence electrons. The van der Waals surface area contributed by atoms with Crippen LogP contribution in [-0.4, -0.2) is 0 Å². The molecule has 0 nitrogen and oxygen atoms in total. The number of hydrogen-bond donors (Lipinski definition) is 0. The molecule has 0 heterocycles. The molecule has 0 radical (unpaired) electrons. The molecular formula is C13H24. The Labute approximate surface area is 83.1 Å². The van der Waals surface area contributed by atoms with E-state index in [1.807, 2.05) is 0 Å². The van der Waals surface area contributed by atoms with Crippen molar-refractivity contribution in [2.75, 3.05) is 0 Å². The van der Waals surface area contributed by atoms with E-state index in [4.69, 9.17) is 0 Å². The maximum absolute atomic E-state index is 2.48. The van der Waals surface area contributed by atoms with E-state index in [9.17, 15) is 0 Å². The molecular weight excluding hydrogens is 156 g/mol. The Bertz CT molecular complexity index is 182. The summed E-state index contributed by atoms with van der Waals surface area (Å²) in [6.45, 7) is 9.66. The predicted molar refractivity (Wildman–Crippen MR) is 57.5 cm³/mol. The first-order chi connectivity index (χ1) is 6.09. The van der Waals surface area contributed by atoms with Crippen molar-refractivity contribution in [3.63, 3.8) is 0 Å². The summed E-state index contributed by atoms with van der Waals surface area (Å²) in [5.41, 5.74) is 0. The zero-order valence-corrected chi connectivity index (χ0v) is 9.59. The largest absolute Gasteiger partial charge is 0.0625 e. The van der Waals surface area contributed by atoms with Crippen molar-refractivity contribution in [2.45, 2.75) is 47.0 Å². The molecule has 13 heavy (non-hydrogen) atoms. The second kappa shape index (κ2) is 3.29. The molecule has 2 rings (SSSR count). The highest BCUT2D eigenvalue weighted by molar-refractivity contribution is 4.94. The molecule has 5 unspecified atom stereocenters. The van der Waals surface area contributed by atoms with Crippen molar-refractivity contribution < 1.29 is 0 Å². The van der Waals surface area contributed by atoms with Gasteiger partial charge in [0.15, 0.2) is 0 Å². The van der Waals surface area contributed by atoms with Crippen molar-refractivity contribution in [1.29, 1.82) is 0 Å². The lowest BCUT2D eigenvalue weighted by molar-refractivity contribution is 0.381. The first-order valence-electron chi connectivity index (χ1n) is 6.09. The van der Waals surface area contributed by atoms with Gasteiger partial charge in [-0.05, 0) is 54.8 Å². The third-order valence-electron chi connectivity index (χ3n) is 4.43. The Balaban J connectivity index is 1.70. The summed E-state index contributed by atoms with van der Waals surface area (Å²) in [4.78, 5) is 0. The van der Waals surface area contributed by atoms with Gasteiger partial charge in [-0.15, -0.1) is 0 Å². The average Bonchev–Trinajstić information content (AvgIpc) is 2.86. The SMILES string of the molecule is CC(C)C1CC1C(C)CC1CC1C. The van der Waals surface area contributed by atoms with Gasteiger partial charge in [-0.1, -0.05) is 27.7 Å². The lowest BCUT2D eigenvalue weighted by Gasteiger charge is -2.11. The van der Waals surface area contributed by atoms with E-state index in [0.717, 1.165) is 35.5 Å². The molecule has 0 spiro atoms. The van der Waals surface area contributed by atoms with Crippen LogP contribution in [0.15, 0.2) is 0 Å². The predicted octanol–water partition coefficient (Wildman–Crippen LogP) is 3.96. The van der Waals surface area contributed by atoms with Gasteiger partial charge < -0.3 is 0 Å². The smallest absolute Gasteiger partial charge is 0.0355 e. The van der Waals surface area contributed by atoms with Gasteiger partial charge in [0.1, 0.15) is 0 Å². The van der Waals surface area contributed by atoms with Gasteiger partial charge in [-0.2, -0.15) is 0 Å². The Morgan fingerprint density at radius 1 is 1.08 bits per heavy atom. The molecule has 0 amide bonds. The highest BCUT2D eigenvalue weighted by atomic mass is 14.5. The minimum absolute atomic E-state index is 0.934. The summed E-state index contributed by atoms with van der Waals surface area (Å²) in [6.07, 6.45) is 4.57. The molecule has 0 N–H and O–H groups in total. The molecule has 2 saturated carbocycles. The van der Waals surface area contributed by atoms with Crippen LogP contribution in [0.25, 0.3) is 0 Å².